The number of hydrogen-bond donors (Lipinski definition) is 3. The van der Waals surface area contributed by atoms with E-state index >= 15 is 0 Å². The Hall–Kier alpha value is -2.42. The number of anilines is 1. The van der Waals surface area contributed by atoms with Gasteiger partial charge in [-0.05, 0) is 62.6 Å². The lowest BCUT2D eigenvalue weighted by Crippen LogP contribution is -2.41. The highest BCUT2D eigenvalue weighted by atomic mass is 35.5. The summed E-state index contributed by atoms with van der Waals surface area (Å²) in [6.07, 6.45) is 3.54. The van der Waals surface area contributed by atoms with Gasteiger partial charge in [-0.25, -0.2) is 8.42 Å². The van der Waals surface area contributed by atoms with E-state index in [4.69, 9.17) is 11.6 Å². The molecule has 2 aromatic carbocycles. The molecule has 0 unspecified atom stereocenters. The number of halogens is 1. The molecule has 1 amide bonds. The number of nitrogens with zero attached hydrogens (tertiary/aromatic N) is 1. The SMILES string of the molecule is CC(C)(NCC(=O)Nc1cccc(S(=O)(=O)NC2=NCCCCC2)c1)c1ccc(Cl)cc1. The second-order valence-electron chi connectivity index (χ2n) is 8.31. The van der Waals surface area contributed by atoms with Gasteiger partial charge in [0, 0.05) is 29.2 Å². The van der Waals surface area contributed by atoms with Gasteiger partial charge in [0.1, 0.15) is 5.84 Å². The first-order valence-electron chi connectivity index (χ1n) is 10.6. The highest BCUT2D eigenvalue weighted by Crippen LogP contribution is 2.22. The van der Waals surface area contributed by atoms with Crippen molar-refractivity contribution in [2.24, 2.45) is 4.99 Å². The monoisotopic (exact) mass is 476 g/mol. The van der Waals surface area contributed by atoms with Crippen molar-refractivity contribution < 1.29 is 13.2 Å². The smallest absolute Gasteiger partial charge is 0.262 e. The van der Waals surface area contributed by atoms with E-state index in [2.05, 4.69) is 20.3 Å². The van der Waals surface area contributed by atoms with Gasteiger partial charge in [-0.3, -0.25) is 19.8 Å². The summed E-state index contributed by atoms with van der Waals surface area (Å²) in [5.74, 6) is 0.216. The second kappa shape index (κ2) is 10.5. The van der Waals surface area contributed by atoms with Crippen LogP contribution in [0.3, 0.4) is 0 Å². The van der Waals surface area contributed by atoms with E-state index in [1.165, 1.54) is 12.1 Å². The van der Waals surface area contributed by atoms with Gasteiger partial charge in [-0.15, -0.1) is 0 Å². The molecule has 32 heavy (non-hydrogen) atoms. The minimum Gasteiger partial charge on any atom is -0.325 e. The quantitative estimate of drug-likeness (QED) is 0.561. The van der Waals surface area contributed by atoms with Crippen LogP contribution in [-0.2, 0) is 20.4 Å². The van der Waals surface area contributed by atoms with E-state index in [-0.39, 0.29) is 17.3 Å². The molecule has 7 nitrogen and oxygen atoms in total. The third-order valence-corrected chi connectivity index (χ3v) is 6.94. The molecule has 0 bridgehead atoms. The molecule has 3 N–H and O–H groups in total. The minimum atomic E-state index is -3.77. The number of benzene rings is 2. The number of hydrogen-bond acceptors (Lipinski definition) is 5. The van der Waals surface area contributed by atoms with Crippen molar-refractivity contribution in [1.82, 2.24) is 10.0 Å². The van der Waals surface area contributed by atoms with Crippen molar-refractivity contribution in [2.75, 3.05) is 18.4 Å². The van der Waals surface area contributed by atoms with Crippen LogP contribution in [0.4, 0.5) is 5.69 Å². The fourth-order valence-corrected chi connectivity index (χ4v) is 4.65. The molecule has 0 radical (unpaired) electrons. The fourth-order valence-electron chi connectivity index (χ4n) is 3.39. The molecule has 0 saturated heterocycles. The Labute approximate surface area is 194 Å². The average Bonchev–Trinajstić information content (AvgIpc) is 3.01. The maximum absolute atomic E-state index is 12.8. The molecule has 0 atom stereocenters. The third kappa shape index (κ3) is 6.79. The maximum atomic E-state index is 12.8. The Balaban J connectivity index is 1.61. The van der Waals surface area contributed by atoms with Gasteiger partial charge < -0.3 is 5.32 Å². The number of carbonyl (C=O) groups excluding carboxylic acids is 1. The summed E-state index contributed by atoms with van der Waals surface area (Å²) >= 11 is 5.95. The molecule has 1 aliphatic rings. The summed E-state index contributed by atoms with van der Waals surface area (Å²) in [5, 5.41) is 6.63. The molecule has 3 rings (SSSR count). The summed E-state index contributed by atoms with van der Waals surface area (Å²) < 4.78 is 28.1. The Morgan fingerprint density at radius 2 is 1.84 bits per heavy atom. The standard InChI is InChI=1S/C23H29ClN4O3S/c1-23(2,17-10-12-18(24)13-11-17)26-16-22(29)27-19-7-6-8-20(15-19)32(30,31)28-21-9-4-3-5-14-25-21/h6-8,10-13,15,26H,3-5,9,14,16H2,1-2H3,(H,25,28)(H,27,29). The van der Waals surface area contributed by atoms with E-state index in [0.717, 1.165) is 24.8 Å². The topological polar surface area (TPSA) is 99.7 Å². The molecular weight excluding hydrogens is 448 g/mol. The van der Waals surface area contributed by atoms with Crippen molar-refractivity contribution in [3.63, 3.8) is 0 Å². The number of carbonyl (C=O) groups is 1. The number of sulfonamides is 1. The summed E-state index contributed by atoms with van der Waals surface area (Å²) in [7, 11) is -3.77. The summed E-state index contributed by atoms with van der Waals surface area (Å²) in [6.45, 7) is 4.63. The van der Waals surface area contributed by atoms with Gasteiger partial charge in [0.2, 0.25) is 5.91 Å². The van der Waals surface area contributed by atoms with E-state index in [1.54, 1.807) is 24.3 Å². The largest absolute Gasteiger partial charge is 0.325 e. The zero-order valence-corrected chi connectivity index (χ0v) is 19.9. The van der Waals surface area contributed by atoms with Gasteiger partial charge in [0.25, 0.3) is 10.0 Å². The van der Waals surface area contributed by atoms with E-state index in [0.29, 0.717) is 29.5 Å². The molecule has 0 saturated carbocycles. The van der Waals surface area contributed by atoms with Crippen molar-refractivity contribution >= 4 is 39.1 Å². The number of amidine groups is 1. The highest BCUT2D eigenvalue weighted by Gasteiger charge is 2.21. The minimum absolute atomic E-state index is 0.0572. The number of rotatable bonds is 7. The first-order valence-corrected chi connectivity index (χ1v) is 12.5. The van der Waals surface area contributed by atoms with E-state index in [1.807, 2.05) is 26.0 Å². The zero-order chi connectivity index (χ0) is 23.2. The predicted molar refractivity (Wildman–Crippen MR) is 129 cm³/mol. The first-order chi connectivity index (χ1) is 15.2. The van der Waals surface area contributed by atoms with Crippen molar-refractivity contribution in [2.45, 2.75) is 50.0 Å². The van der Waals surface area contributed by atoms with Gasteiger partial charge in [-0.1, -0.05) is 36.2 Å². The first kappa shape index (κ1) is 24.2. The van der Waals surface area contributed by atoms with Crippen LogP contribution in [0.25, 0.3) is 0 Å². The Kier molecular flexibility index (Phi) is 7.92. The van der Waals surface area contributed by atoms with E-state index in [9.17, 15) is 13.2 Å². The summed E-state index contributed by atoms with van der Waals surface area (Å²) in [4.78, 5) is 16.9. The normalized spacial score (nSPS) is 14.9. The molecular formula is C23H29ClN4O3S. The maximum Gasteiger partial charge on any atom is 0.262 e. The molecule has 0 aromatic heterocycles. The second-order valence-corrected chi connectivity index (χ2v) is 10.4. The Bertz CT molecular complexity index is 1080. The van der Waals surface area contributed by atoms with Crippen molar-refractivity contribution in [3.8, 4) is 0 Å². The van der Waals surface area contributed by atoms with E-state index < -0.39 is 15.6 Å². The van der Waals surface area contributed by atoms with Crippen LogP contribution in [0.5, 0.6) is 0 Å². The van der Waals surface area contributed by atoms with Crippen molar-refractivity contribution in [3.05, 3.63) is 59.1 Å². The predicted octanol–water partition coefficient (Wildman–Crippen LogP) is 4.05. The van der Waals surface area contributed by atoms with Gasteiger partial charge in [0.05, 0.1) is 11.4 Å². The van der Waals surface area contributed by atoms with Crippen LogP contribution in [0.15, 0.2) is 58.4 Å². The lowest BCUT2D eigenvalue weighted by atomic mass is 9.94. The van der Waals surface area contributed by atoms with Crippen LogP contribution in [0.1, 0.15) is 45.1 Å². The molecule has 0 aliphatic carbocycles. The lowest BCUT2D eigenvalue weighted by molar-refractivity contribution is -0.115. The highest BCUT2D eigenvalue weighted by molar-refractivity contribution is 7.90. The molecule has 9 heteroatoms. The zero-order valence-electron chi connectivity index (χ0n) is 18.3. The average molecular weight is 477 g/mol. The Morgan fingerprint density at radius 3 is 2.59 bits per heavy atom. The van der Waals surface area contributed by atoms with Crippen LogP contribution >= 0.6 is 11.6 Å². The van der Waals surface area contributed by atoms with Gasteiger partial charge >= 0.3 is 0 Å². The molecule has 0 spiro atoms. The number of amides is 1. The molecule has 1 heterocycles. The molecule has 2 aromatic rings. The summed E-state index contributed by atoms with van der Waals surface area (Å²) in [5.41, 5.74) is 0.957. The number of nitrogens with one attached hydrogen (secondary N) is 3. The van der Waals surface area contributed by atoms with Crippen LogP contribution < -0.4 is 15.4 Å². The van der Waals surface area contributed by atoms with Crippen LogP contribution in [0.2, 0.25) is 5.02 Å². The van der Waals surface area contributed by atoms with Gasteiger partial charge in [-0.2, -0.15) is 0 Å². The molecule has 172 valence electrons. The van der Waals surface area contributed by atoms with Gasteiger partial charge in [0.15, 0.2) is 0 Å². The van der Waals surface area contributed by atoms with Crippen molar-refractivity contribution in [1.29, 1.82) is 0 Å². The lowest BCUT2D eigenvalue weighted by Gasteiger charge is -2.27. The van der Waals surface area contributed by atoms with Crippen LogP contribution in [-0.4, -0.2) is 33.3 Å². The molecule has 0 fully saturated rings. The Morgan fingerprint density at radius 1 is 1.09 bits per heavy atom. The summed E-state index contributed by atoms with van der Waals surface area (Å²) in [6, 6.07) is 13.6. The molecule has 1 aliphatic heterocycles. The van der Waals surface area contributed by atoms with Crippen LogP contribution in [0, 0.1) is 0 Å². The third-order valence-electron chi connectivity index (χ3n) is 5.31. The number of aliphatic imine (C=N–C) groups is 1. The fraction of sp³-hybridized carbons (Fsp3) is 0.391.